The summed E-state index contributed by atoms with van der Waals surface area (Å²) in [6.07, 6.45) is 5.73. The van der Waals surface area contributed by atoms with E-state index >= 15 is 0 Å². The summed E-state index contributed by atoms with van der Waals surface area (Å²) in [7, 11) is 0. The predicted molar refractivity (Wildman–Crippen MR) is 134 cm³/mol. The smallest absolute Gasteiger partial charge is 0.354 e. The molecule has 186 valence electrons. The molecule has 3 rings (SSSR count). The Kier molecular flexibility index (Phi) is 8.63. The summed E-state index contributed by atoms with van der Waals surface area (Å²) < 4.78 is 5.30. The number of esters is 1. The number of likely N-dealkylation sites (tertiary alicyclic amines) is 1. The normalized spacial score (nSPS) is 17.5. The van der Waals surface area contributed by atoms with Crippen LogP contribution in [-0.4, -0.2) is 41.7 Å². The highest BCUT2D eigenvalue weighted by Crippen LogP contribution is 2.29. The fraction of sp³-hybridized carbons (Fsp3) is 0.407. The van der Waals surface area contributed by atoms with Crippen molar-refractivity contribution in [1.29, 1.82) is 0 Å². The predicted octanol–water partition coefficient (Wildman–Crippen LogP) is 3.92. The maximum Gasteiger partial charge on any atom is 0.354 e. The van der Waals surface area contributed by atoms with E-state index in [-0.39, 0.29) is 36.2 Å². The van der Waals surface area contributed by atoms with Gasteiger partial charge in [0, 0.05) is 19.2 Å². The molecule has 8 heteroatoms. The number of carbonyl (C=O) groups excluding carboxylic acids is 4. The zero-order valence-electron chi connectivity index (χ0n) is 20.4. The van der Waals surface area contributed by atoms with Crippen LogP contribution in [-0.2, 0) is 23.9 Å². The number of carbonyl (C=O) groups is 4. The Morgan fingerprint density at radius 1 is 1.06 bits per heavy atom. The summed E-state index contributed by atoms with van der Waals surface area (Å²) in [5.74, 6) is -1.40. The maximum absolute atomic E-state index is 12.6. The van der Waals surface area contributed by atoms with Gasteiger partial charge in [0.15, 0.2) is 0 Å². The van der Waals surface area contributed by atoms with Crippen LogP contribution in [0.15, 0.2) is 54.4 Å². The minimum atomic E-state index is -0.677. The van der Waals surface area contributed by atoms with Gasteiger partial charge in [0.05, 0.1) is 13.0 Å². The lowest BCUT2D eigenvalue weighted by Gasteiger charge is -2.21. The molecular formula is C27H33N3O5. The molecule has 1 aliphatic carbocycles. The van der Waals surface area contributed by atoms with E-state index in [1.807, 2.05) is 19.1 Å². The van der Waals surface area contributed by atoms with E-state index < -0.39 is 11.9 Å². The van der Waals surface area contributed by atoms with Gasteiger partial charge >= 0.3 is 5.97 Å². The minimum absolute atomic E-state index is 0.0555. The molecule has 35 heavy (non-hydrogen) atoms. The van der Waals surface area contributed by atoms with E-state index in [2.05, 4.69) is 23.8 Å². The van der Waals surface area contributed by atoms with Gasteiger partial charge in [-0.2, -0.15) is 0 Å². The standard InChI is InChI=1S/C27H33N3O5/c1-17(22-10-12-24(13-11-22)29-20(4)31)23-14-25(32)30(15-23)19(3)26(33)28-18(2)27(34)35-16-21-8-6-5-7-9-21/h10-13,21H,2-3,5-9,14-16H2,1,4H3,(H,28,33)(H,29,31)/b23-17-. The van der Waals surface area contributed by atoms with Crippen molar-refractivity contribution in [2.45, 2.75) is 52.4 Å². The molecule has 3 amide bonds. The Bertz CT molecular complexity index is 1060. The summed E-state index contributed by atoms with van der Waals surface area (Å²) >= 11 is 0. The van der Waals surface area contributed by atoms with E-state index in [0.717, 1.165) is 42.4 Å². The quantitative estimate of drug-likeness (QED) is 0.434. The molecule has 0 bridgehead atoms. The average molecular weight is 480 g/mol. The van der Waals surface area contributed by atoms with Crippen LogP contribution in [0, 0.1) is 5.92 Å². The second-order valence-electron chi connectivity index (χ2n) is 9.13. The van der Waals surface area contributed by atoms with Crippen LogP contribution in [0.2, 0.25) is 0 Å². The summed E-state index contributed by atoms with van der Waals surface area (Å²) in [5.41, 5.74) is 3.14. The van der Waals surface area contributed by atoms with Gasteiger partial charge in [0.25, 0.3) is 5.91 Å². The SMILES string of the molecule is C=C(NC(=O)C(=C)N1C/C(=C(/C)c2ccc(NC(C)=O)cc2)CC1=O)C(=O)OCC1CCCCC1. The molecule has 0 radical (unpaired) electrons. The fourth-order valence-electron chi connectivity index (χ4n) is 4.34. The number of amides is 3. The summed E-state index contributed by atoms with van der Waals surface area (Å²) in [6.45, 7) is 11.3. The number of nitrogens with zero attached hydrogens (tertiary/aromatic N) is 1. The average Bonchev–Trinajstić information content (AvgIpc) is 3.23. The summed E-state index contributed by atoms with van der Waals surface area (Å²) in [5, 5.41) is 5.13. The molecule has 0 aromatic heterocycles. The molecule has 1 heterocycles. The minimum Gasteiger partial charge on any atom is -0.461 e. The third-order valence-corrected chi connectivity index (χ3v) is 6.46. The maximum atomic E-state index is 12.6. The highest BCUT2D eigenvalue weighted by molar-refractivity contribution is 6.03. The van der Waals surface area contributed by atoms with Gasteiger partial charge in [0.1, 0.15) is 11.4 Å². The first-order chi connectivity index (χ1) is 16.7. The highest BCUT2D eigenvalue weighted by atomic mass is 16.5. The van der Waals surface area contributed by atoms with Crippen LogP contribution < -0.4 is 10.6 Å². The first-order valence-corrected chi connectivity index (χ1v) is 11.9. The first kappa shape index (κ1) is 25.9. The van der Waals surface area contributed by atoms with Gasteiger partial charge in [-0.25, -0.2) is 4.79 Å². The lowest BCUT2D eigenvalue weighted by Crippen LogP contribution is -2.36. The topological polar surface area (TPSA) is 105 Å². The molecule has 0 atom stereocenters. The molecule has 1 saturated carbocycles. The Hall–Kier alpha value is -3.68. The molecule has 1 aromatic rings. The van der Waals surface area contributed by atoms with Gasteiger partial charge in [-0.3, -0.25) is 14.4 Å². The number of anilines is 1. The molecule has 2 fully saturated rings. The van der Waals surface area contributed by atoms with E-state index in [9.17, 15) is 19.2 Å². The molecule has 8 nitrogen and oxygen atoms in total. The van der Waals surface area contributed by atoms with Crippen molar-refractivity contribution in [3.05, 3.63) is 60.0 Å². The molecule has 2 N–H and O–H groups in total. The highest BCUT2D eigenvalue weighted by Gasteiger charge is 2.31. The van der Waals surface area contributed by atoms with Crippen molar-refractivity contribution in [2.75, 3.05) is 18.5 Å². The van der Waals surface area contributed by atoms with E-state index in [1.165, 1.54) is 18.2 Å². The Labute approximate surface area is 206 Å². The number of ether oxygens (including phenoxy) is 1. The van der Waals surface area contributed by atoms with Crippen LogP contribution in [0.1, 0.15) is 57.9 Å². The number of rotatable bonds is 8. The number of benzene rings is 1. The molecule has 2 aliphatic rings. The molecule has 1 aromatic carbocycles. The van der Waals surface area contributed by atoms with Gasteiger partial charge in [-0.1, -0.05) is 44.6 Å². The summed E-state index contributed by atoms with van der Waals surface area (Å²) in [6, 6.07) is 7.32. The van der Waals surface area contributed by atoms with E-state index in [0.29, 0.717) is 18.2 Å². The van der Waals surface area contributed by atoms with Crippen molar-refractivity contribution >= 4 is 35.0 Å². The Balaban J connectivity index is 1.56. The van der Waals surface area contributed by atoms with Crippen LogP contribution in [0.3, 0.4) is 0 Å². The second kappa shape index (κ2) is 11.6. The first-order valence-electron chi connectivity index (χ1n) is 11.9. The van der Waals surface area contributed by atoms with E-state index in [1.54, 1.807) is 12.1 Å². The molecule has 1 saturated heterocycles. The summed E-state index contributed by atoms with van der Waals surface area (Å²) in [4.78, 5) is 50.0. The Morgan fingerprint density at radius 3 is 2.34 bits per heavy atom. The zero-order chi connectivity index (χ0) is 25.5. The van der Waals surface area contributed by atoms with Crippen LogP contribution in [0.25, 0.3) is 5.57 Å². The van der Waals surface area contributed by atoms with E-state index in [4.69, 9.17) is 4.74 Å². The largest absolute Gasteiger partial charge is 0.461 e. The third kappa shape index (κ3) is 6.91. The van der Waals surface area contributed by atoms with Crippen molar-refractivity contribution in [3.63, 3.8) is 0 Å². The molecular weight excluding hydrogens is 446 g/mol. The van der Waals surface area contributed by atoms with Crippen molar-refractivity contribution in [1.82, 2.24) is 10.2 Å². The van der Waals surface area contributed by atoms with Crippen LogP contribution in [0.5, 0.6) is 0 Å². The van der Waals surface area contributed by atoms with Crippen LogP contribution >= 0.6 is 0 Å². The van der Waals surface area contributed by atoms with Gasteiger partial charge in [0.2, 0.25) is 11.8 Å². The monoisotopic (exact) mass is 479 g/mol. The number of hydrogen-bond acceptors (Lipinski definition) is 5. The van der Waals surface area contributed by atoms with Gasteiger partial charge in [-0.05, 0) is 54.5 Å². The molecule has 0 unspecified atom stereocenters. The van der Waals surface area contributed by atoms with Crippen LogP contribution in [0.4, 0.5) is 5.69 Å². The second-order valence-corrected chi connectivity index (χ2v) is 9.13. The van der Waals surface area contributed by atoms with Gasteiger partial charge < -0.3 is 20.3 Å². The van der Waals surface area contributed by atoms with Gasteiger partial charge in [-0.15, -0.1) is 0 Å². The zero-order valence-corrected chi connectivity index (χ0v) is 20.4. The lowest BCUT2D eigenvalue weighted by molar-refractivity contribution is -0.142. The number of hydrogen-bond donors (Lipinski definition) is 2. The lowest BCUT2D eigenvalue weighted by atomic mass is 9.90. The van der Waals surface area contributed by atoms with Crippen molar-refractivity contribution < 1.29 is 23.9 Å². The number of nitrogens with one attached hydrogen (secondary N) is 2. The molecule has 1 aliphatic heterocycles. The molecule has 0 spiro atoms. The van der Waals surface area contributed by atoms with Crippen molar-refractivity contribution in [3.8, 4) is 0 Å². The Morgan fingerprint density at radius 2 is 1.71 bits per heavy atom. The number of allylic oxidation sites excluding steroid dienone is 1. The third-order valence-electron chi connectivity index (χ3n) is 6.46. The fourth-order valence-corrected chi connectivity index (χ4v) is 4.34. The van der Waals surface area contributed by atoms with Crippen molar-refractivity contribution in [2.24, 2.45) is 5.92 Å².